The summed E-state index contributed by atoms with van der Waals surface area (Å²) in [6.07, 6.45) is 0.628. The first kappa shape index (κ1) is 11.4. The van der Waals surface area contributed by atoms with Crippen molar-refractivity contribution in [2.45, 2.75) is 26.3 Å². The number of ether oxygens (including phenoxy) is 1. The minimum Gasteiger partial charge on any atom is -0.472 e. The highest BCUT2D eigenvalue weighted by Crippen LogP contribution is 2.27. The molecule has 84 valence electrons. The van der Waals surface area contributed by atoms with E-state index >= 15 is 0 Å². The van der Waals surface area contributed by atoms with Crippen LogP contribution in [0.4, 0.5) is 5.69 Å². The SMILES string of the molecule is Cc1[nH]nc(OCC[C@@H](C)N)c1[N+](=O)[O-]. The van der Waals surface area contributed by atoms with Crippen molar-refractivity contribution in [3.63, 3.8) is 0 Å². The van der Waals surface area contributed by atoms with Gasteiger partial charge >= 0.3 is 11.6 Å². The van der Waals surface area contributed by atoms with Gasteiger partial charge in [-0.15, -0.1) is 5.10 Å². The van der Waals surface area contributed by atoms with Crippen LogP contribution < -0.4 is 10.5 Å². The average molecular weight is 214 g/mol. The topological polar surface area (TPSA) is 107 Å². The second kappa shape index (κ2) is 4.74. The summed E-state index contributed by atoms with van der Waals surface area (Å²) in [5.74, 6) is 0.0261. The largest absolute Gasteiger partial charge is 0.472 e. The number of hydrogen-bond donors (Lipinski definition) is 2. The Bertz CT molecular complexity index is 348. The number of rotatable bonds is 5. The number of nitrogens with zero attached hydrogens (tertiary/aromatic N) is 2. The second-order valence-electron chi connectivity index (χ2n) is 3.37. The average Bonchev–Trinajstić information content (AvgIpc) is 2.46. The Morgan fingerprint density at radius 1 is 1.73 bits per heavy atom. The van der Waals surface area contributed by atoms with Crippen LogP contribution in [0.3, 0.4) is 0 Å². The molecule has 1 heterocycles. The first-order valence-corrected chi connectivity index (χ1v) is 4.60. The molecular weight excluding hydrogens is 200 g/mol. The molecule has 1 aromatic rings. The van der Waals surface area contributed by atoms with E-state index in [9.17, 15) is 10.1 Å². The molecule has 0 radical (unpaired) electrons. The molecule has 15 heavy (non-hydrogen) atoms. The van der Waals surface area contributed by atoms with Gasteiger partial charge in [-0.25, -0.2) is 0 Å². The molecule has 1 rings (SSSR count). The van der Waals surface area contributed by atoms with E-state index in [0.29, 0.717) is 18.7 Å². The molecule has 0 amide bonds. The van der Waals surface area contributed by atoms with E-state index in [1.807, 2.05) is 6.92 Å². The number of aryl methyl sites for hydroxylation is 1. The van der Waals surface area contributed by atoms with Crippen molar-refractivity contribution in [1.29, 1.82) is 0 Å². The molecule has 1 aromatic heterocycles. The van der Waals surface area contributed by atoms with Crippen LogP contribution in [-0.4, -0.2) is 27.8 Å². The Kier molecular flexibility index (Phi) is 3.62. The lowest BCUT2D eigenvalue weighted by Gasteiger charge is -2.04. The summed E-state index contributed by atoms with van der Waals surface area (Å²) in [6.45, 7) is 3.74. The summed E-state index contributed by atoms with van der Waals surface area (Å²) in [7, 11) is 0. The van der Waals surface area contributed by atoms with E-state index in [4.69, 9.17) is 10.5 Å². The summed E-state index contributed by atoms with van der Waals surface area (Å²) in [5, 5.41) is 16.9. The highest BCUT2D eigenvalue weighted by molar-refractivity contribution is 5.44. The third kappa shape index (κ3) is 2.91. The number of aromatic nitrogens is 2. The van der Waals surface area contributed by atoms with Crippen molar-refractivity contribution in [2.75, 3.05) is 6.61 Å². The van der Waals surface area contributed by atoms with Crippen LogP contribution in [0.1, 0.15) is 19.0 Å². The van der Waals surface area contributed by atoms with Gasteiger partial charge in [-0.05, 0) is 20.3 Å². The number of nitrogens with one attached hydrogen (secondary N) is 1. The molecule has 0 saturated carbocycles. The maximum atomic E-state index is 10.6. The Morgan fingerprint density at radius 3 is 2.93 bits per heavy atom. The molecule has 7 heteroatoms. The molecule has 0 bridgehead atoms. The fourth-order valence-electron chi connectivity index (χ4n) is 1.06. The van der Waals surface area contributed by atoms with Gasteiger partial charge in [0.25, 0.3) is 0 Å². The number of hydrogen-bond acceptors (Lipinski definition) is 5. The number of H-pyrrole nitrogens is 1. The monoisotopic (exact) mass is 214 g/mol. The lowest BCUT2D eigenvalue weighted by atomic mass is 10.3. The van der Waals surface area contributed by atoms with Crippen molar-refractivity contribution >= 4 is 5.69 Å². The Labute approximate surface area is 86.8 Å². The summed E-state index contributed by atoms with van der Waals surface area (Å²) in [4.78, 5) is 10.1. The van der Waals surface area contributed by atoms with Crippen LogP contribution in [0.5, 0.6) is 5.88 Å². The normalized spacial score (nSPS) is 12.5. The van der Waals surface area contributed by atoms with Crippen LogP contribution in [0.2, 0.25) is 0 Å². The van der Waals surface area contributed by atoms with Gasteiger partial charge in [-0.1, -0.05) is 0 Å². The molecule has 0 spiro atoms. The third-order valence-corrected chi connectivity index (χ3v) is 1.88. The second-order valence-corrected chi connectivity index (χ2v) is 3.37. The molecule has 0 saturated heterocycles. The van der Waals surface area contributed by atoms with Crippen LogP contribution in [0, 0.1) is 17.0 Å². The molecule has 1 atom stereocenters. The molecule has 0 aliphatic heterocycles. The quantitative estimate of drug-likeness (QED) is 0.555. The third-order valence-electron chi connectivity index (χ3n) is 1.88. The Morgan fingerprint density at radius 2 is 2.40 bits per heavy atom. The van der Waals surface area contributed by atoms with Gasteiger partial charge in [-0.2, -0.15) is 0 Å². The first-order valence-electron chi connectivity index (χ1n) is 4.60. The predicted octanol–water partition coefficient (Wildman–Crippen LogP) is 0.742. The van der Waals surface area contributed by atoms with Crippen LogP contribution in [0.25, 0.3) is 0 Å². The lowest BCUT2D eigenvalue weighted by molar-refractivity contribution is -0.386. The van der Waals surface area contributed by atoms with Crippen molar-refractivity contribution in [3.8, 4) is 5.88 Å². The highest BCUT2D eigenvalue weighted by Gasteiger charge is 2.22. The standard InChI is InChI=1S/C8H14N4O3/c1-5(9)3-4-15-8-7(12(13)14)6(2)10-11-8/h5H,3-4,9H2,1-2H3,(H,10,11)/t5-/m1/s1. The van der Waals surface area contributed by atoms with E-state index in [0.717, 1.165) is 0 Å². The van der Waals surface area contributed by atoms with E-state index in [1.165, 1.54) is 0 Å². The van der Waals surface area contributed by atoms with Gasteiger partial charge in [0.15, 0.2) is 0 Å². The summed E-state index contributed by atoms with van der Waals surface area (Å²) >= 11 is 0. The van der Waals surface area contributed by atoms with Crippen molar-refractivity contribution in [2.24, 2.45) is 5.73 Å². The van der Waals surface area contributed by atoms with Gasteiger partial charge < -0.3 is 10.5 Å². The number of nitro groups is 1. The summed E-state index contributed by atoms with van der Waals surface area (Å²) in [6, 6.07) is 0.00379. The van der Waals surface area contributed by atoms with Crippen LogP contribution >= 0.6 is 0 Å². The zero-order valence-corrected chi connectivity index (χ0v) is 8.69. The molecule has 0 aromatic carbocycles. The van der Waals surface area contributed by atoms with E-state index in [1.54, 1.807) is 6.92 Å². The zero-order chi connectivity index (χ0) is 11.4. The number of aromatic amines is 1. The fraction of sp³-hybridized carbons (Fsp3) is 0.625. The molecule has 3 N–H and O–H groups in total. The van der Waals surface area contributed by atoms with Crippen LogP contribution in [-0.2, 0) is 0 Å². The van der Waals surface area contributed by atoms with Crippen molar-refractivity contribution < 1.29 is 9.66 Å². The van der Waals surface area contributed by atoms with Gasteiger partial charge in [0, 0.05) is 6.04 Å². The zero-order valence-electron chi connectivity index (χ0n) is 8.69. The lowest BCUT2D eigenvalue weighted by Crippen LogP contribution is -2.18. The van der Waals surface area contributed by atoms with Crippen molar-refractivity contribution in [1.82, 2.24) is 10.2 Å². The van der Waals surface area contributed by atoms with Crippen LogP contribution in [0.15, 0.2) is 0 Å². The first-order chi connectivity index (χ1) is 7.02. The van der Waals surface area contributed by atoms with Gasteiger partial charge in [0.2, 0.25) is 0 Å². The molecule has 0 fully saturated rings. The van der Waals surface area contributed by atoms with Crippen molar-refractivity contribution in [3.05, 3.63) is 15.8 Å². The van der Waals surface area contributed by atoms with Gasteiger partial charge in [0.1, 0.15) is 5.69 Å². The fourth-order valence-corrected chi connectivity index (χ4v) is 1.06. The maximum Gasteiger partial charge on any atom is 0.352 e. The highest BCUT2D eigenvalue weighted by atomic mass is 16.6. The molecule has 0 aliphatic carbocycles. The predicted molar refractivity (Wildman–Crippen MR) is 53.7 cm³/mol. The van der Waals surface area contributed by atoms with E-state index in [-0.39, 0.29) is 17.6 Å². The molecule has 7 nitrogen and oxygen atoms in total. The molecule has 0 unspecified atom stereocenters. The Hall–Kier alpha value is -1.63. The number of nitrogens with two attached hydrogens (primary N) is 1. The Balaban J connectivity index is 2.65. The molecule has 0 aliphatic rings. The minimum absolute atomic E-state index is 0.00379. The van der Waals surface area contributed by atoms with Gasteiger partial charge in [0.05, 0.1) is 11.5 Å². The minimum atomic E-state index is -0.514. The summed E-state index contributed by atoms with van der Waals surface area (Å²) in [5.41, 5.74) is 5.79. The van der Waals surface area contributed by atoms with Gasteiger partial charge in [-0.3, -0.25) is 15.2 Å². The maximum absolute atomic E-state index is 10.6. The molecular formula is C8H14N4O3. The van der Waals surface area contributed by atoms with E-state index < -0.39 is 4.92 Å². The summed E-state index contributed by atoms with van der Waals surface area (Å²) < 4.78 is 5.17. The van der Waals surface area contributed by atoms with E-state index in [2.05, 4.69) is 10.2 Å². The smallest absolute Gasteiger partial charge is 0.352 e.